The monoisotopic (exact) mass is 460 g/mol. The van der Waals surface area contributed by atoms with Crippen LogP contribution >= 0.6 is 24.0 Å². The molecule has 2 rings (SSSR count). The van der Waals surface area contributed by atoms with Gasteiger partial charge < -0.3 is 20.4 Å². The number of guanidine groups is 1. The van der Waals surface area contributed by atoms with Gasteiger partial charge in [-0.2, -0.15) is 0 Å². The van der Waals surface area contributed by atoms with Gasteiger partial charge in [-0.05, 0) is 36.2 Å². The van der Waals surface area contributed by atoms with Gasteiger partial charge in [0.1, 0.15) is 5.82 Å². The highest BCUT2D eigenvalue weighted by atomic mass is 127. The predicted molar refractivity (Wildman–Crippen MR) is 106 cm³/mol. The smallest absolute Gasteiger partial charge is 0.287 e. The van der Waals surface area contributed by atoms with Gasteiger partial charge in [0, 0.05) is 26.7 Å². The van der Waals surface area contributed by atoms with Crippen LogP contribution in [0.25, 0.3) is 0 Å². The molecule has 1 heterocycles. The highest BCUT2D eigenvalue weighted by Crippen LogP contribution is 2.08. The average Bonchev–Trinajstić information content (AvgIpc) is 3.11. The minimum Gasteiger partial charge on any atom is -0.459 e. The van der Waals surface area contributed by atoms with Crippen molar-refractivity contribution < 1.29 is 13.6 Å². The summed E-state index contributed by atoms with van der Waals surface area (Å²) in [5.41, 5.74) is 1.45. The zero-order chi connectivity index (χ0) is 17.4. The van der Waals surface area contributed by atoms with E-state index in [-0.39, 0.29) is 41.5 Å². The summed E-state index contributed by atoms with van der Waals surface area (Å²) in [6, 6.07) is 8.37. The SMILES string of the molecule is CN=C(NCCNC(=O)c1ccco1)NCc1ccc(C)c(F)c1.I. The lowest BCUT2D eigenvalue weighted by atomic mass is 10.1. The molecule has 1 aromatic heterocycles. The number of hydrogen-bond acceptors (Lipinski definition) is 3. The van der Waals surface area contributed by atoms with Crippen LogP contribution in [0.2, 0.25) is 0 Å². The standard InChI is InChI=1S/C17H21FN4O2.HI/c1-12-5-6-13(10-14(12)18)11-22-17(19-2)21-8-7-20-16(23)15-4-3-9-24-15;/h3-6,9-10H,7-8,11H2,1-2H3,(H,20,23)(H2,19,21,22);1H. The summed E-state index contributed by atoms with van der Waals surface area (Å²) in [5.74, 6) is 0.361. The highest BCUT2D eigenvalue weighted by Gasteiger charge is 2.07. The largest absolute Gasteiger partial charge is 0.459 e. The van der Waals surface area contributed by atoms with Gasteiger partial charge in [0.05, 0.1) is 6.26 Å². The molecule has 8 heteroatoms. The van der Waals surface area contributed by atoms with Gasteiger partial charge in [0.25, 0.3) is 5.91 Å². The number of halogens is 2. The number of aryl methyl sites for hydroxylation is 1. The van der Waals surface area contributed by atoms with Crippen LogP contribution in [0.3, 0.4) is 0 Å². The molecule has 0 radical (unpaired) electrons. The van der Waals surface area contributed by atoms with E-state index < -0.39 is 0 Å². The molecule has 0 fully saturated rings. The van der Waals surface area contributed by atoms with Crippen LogP contribution in [-0.4, -0.2) is 32.0 Å². The number of furan rings is 1. The van der Waals surface area contributed by atoms with E-state index in [0.29, 0.717) is 31.2 Å². The van der Waals surface area contributed by atoms with Crippen molar-refractivity contribution in [2.24, 2.45) is 4.99 Å². The van der Waals surface area contributed by atoms with Gasteiger partial charge in [-0.1, -0.05) is 12.1 Å². The van der Waals surface area contributed by atoms with E-state index in [1.54, 1.807) is 32.2 Å². The number of nitrogens with zero attached hydrogens (tertiary/aromatic N) is 1. The third kappa shape index (κ3) is 6.73. The first kappa shape index (κ1) is 20.9. The Hall–Kier alpha value is -2.10. The topological polar surface area (TPSA) is 78.7 Å². The van der Waals surface area contributed by atoms with Gasteiger partial charge in [-0.25, -0.2) is 4.39 Å². The summed E-state index contributed by atoms with van der Waals surface area (Å²) in [6.45, 7) is 3.09. The lowest BCUT2D eigenvalue weighted by Crippen LogP contribution is -2.41. The molecule has 0 spiro atoms. The van der Waals surface area contributed by atoms with Crippen LogP contribution in [0.5, 0.6) is 0 Å². The quantitative estimate of drug-likeness (QED) is 0.268. The fraction of sp³-hybridized carbons (Fsp3) is 0.294. The molecule has 0 saturated carbocycles. The Morgan fingerprint density at radius 1 is 1.20 bits per heavy atom. The van der Waals surface area contributed by atoms with Gasteiger partial charge >= 0.3 is 0 Å². The van der Waals surface area contributed by atoms with E-state index in [1.807, 2.05) is 6.07 Å². The van der Waals surface area contributed by atoms with E-state index in [4.69, 9.17) is 4.42 Å². The number of rotatable bonds is 6. The van der Waals surface area contributed by atoms with Crippen molar-refractivity contribution in [3.8, 4) is 0 Å². The number of carbonyl (C=O) groups excluding carboxylic acids is 1. The van der Waals surface area contributed by atoms with Crippen molar-refractivity contribution in [1.29, 1.82) is 0 Å². The maximum absolute atomic E-state index is 13.5. The lowest BCUT2D eigenvalue weighted by molar-refractivity contribution is 0.0926. The fourth-order valence-electron chi connectivity index (χ4n) is 2.00. The number of amides is 1. The first-order valence-corrected chi connectivity index (χ1v) is 7.61. The van der Waals surface area contributed by atoms with E-state index in [2.05, 4.69) is 20.9 Å². The van der Waals surface area contributed by atoms with Crippen molar-refractivity contribution in [3.63, 3.8) is 0 Å². The molecule has 0 aliphatic rings. The third-order valence-electron chi connectivity index (χ3n) is 3.37. The molecule has 0 bridgehead atoms. The van der Waals surface area contributed by atoms with Crippen LogP contribution in [0.4, 0.5) is 4.39 Å². The van der Waals surface area contributed by atoms with Crippen molar-refractivity contribution in [3.05, 3.63) is 59.3 Å². The highest BCUT2D eigenvalue weighted by molar-refractivity contribution is 14.0. The van der Waals surface area contributed by atoms with Crippen LogP contribution in [-0.2, 0) is 6.54 Å². The van der Waals surface area contributed by atoms with Crippen LogP contribution in [0, 0.1) is 12.7 Å². The molecule has 3 N–H and O–H groups in total. The van der Waals surface area contributed by atoms with Gasteiger partial charge in [-0.15, -0.1) is 24.0 Å². The van der Waals surface area contributed by atoms with Crippen molar-refractivity contribution in [2.75, 3.05) is 20.1 Å². The molecule has 0 aliphatic heterocycles. The molecular formula is C17H22FIN4O2. The van der Waals surface area contributed by atoms with Gasteiger partial charge in [0.2, 0.25) is 0 Å². The van der Waals surface area contributed by atoms with E-state index in [9.17, 15) is 9.18 Å². The average molecular weight is 460 g/mol. The fourth-order valence-corrected chi connectivity index (χ4v) is 2.00. The Morgan fingerprint density at radius 2 is 1.96 bits per heavy atom. The number of hydrogen-bond donors (Lipinski definition) is 3. The Bertz CT molecular complexity index is 705. The summed E-state index contributed by atoms with van der Waals surface area (Å²) in [7, 11) is 1.65. The van der Waals surface area contributed by atoms with E-state index in [0.717, 1.165) is 5.56 Å². The Labute approximate surface area is 163 Å². The molecule has 0 aliphatic carbocycles. The van der Waals surface area contributed by atoms with Gasteiger partial charge in [-0.3, -0.25) is 9.79 Å². The molecular weight excluding hydrogens is 438 g/mol. The van der Waals surface area contributed by atoms with Crippen LogP contribution in [0.1, 0.15) is 21.7 Å². The molecule has 25 heavy (non-hydrogen) atoms. The zero-order valence-corrected chi connectivity index (χ0v) is 16.5. The summed E-state index contributed by atoms with van der Waals surface area (Å²) in [5, 5.41) is 8.88. The number of nitrogens with one attached hydrogen (secondary N) is 3. The molecule has 1 aromatic carbocycles. The maximum Gasteiger partial charge on any atom is 0.287 e. The van der Waals surface area contributed by atoms with Crippen LogP contribution < -0.4 is 16.0 Å². The molecule has 0 atom stereocenters. The number of benzene rings is 1. The van der Waals surface area contributed by atoms with Crippen molar-refractivity contribution in [2.45, 2.75) is 13.5 Å². The molecule has 1 amide bonds. The van der Waals surface area contributed by atoms with Gasteiger partial charge in [0.15, 0.2) is 11.7 Å². The summed E-state index contributed by atoms with van der Waals surface area (Å²) in [6.07, 6.45) is 1.45. The maximum atomic E-state index is 13.5. The predicted octanol–water partition coefficient (Wildman–Crippen LogP) is 2.44. The second kappa shape index (κ2) is 10.7. The zero-order valence-electron chi connectivity index (χ0n) is 14.1. The molecule has 6 nitrogen and oxygen atoms in total. The minimum atomic E-state index is -0.264. The number of carbonyl (C=O) groups is 1. The van der Waals surface area contributed by atoms with E-state index >= 15 is 0 Å². The first-order valence-electron chi connectivity index (χ1n) is 7.61. The third-order valence-corrected chi connectivity index (χ3v) is 3.37. The summed E-state index contributed by atoms with van der Waals surface area (Å²) >= 11 is 0. The summed E-state index contributed by atoms with van der Waals surface area (Å²) < 4.78 is 18.5. The van der Waals surface area contributed by atoms with Crippen molar-refractivity contribution >= 4 is 35.8 Å². The molecule has 0 saturated heterocycles. The minimum absolute atomic E-state index is 0. The number of aliphatic imine (C=N–C) groups is 1. The normalized spacial score (nSPS) is 10.8. The molecule has 0 unspecified atom stereocenters. The lowest BCUT2D eigenvalue weighted by Gasteiger charge is -2.12. The summed E-state index contributed by atoms with van der Waals surface area (Å²) in [4.78, 5) is 15.8. The van der Waals surface area contributed by atoms with Crippen molar-refractivity contribution in [1.82, 2.24) is 16.0 Å². The Morgan fingerprint density at radius 3 is 2.60 bits per heavy atom. The Kier molecular flexibility index (Phi) is 8.96. The molecule has 2 aromatic rings. The Balaban J connectivity index is 0.00000312. The first-order chi connectivity index (χ1) is 11.6. The molecule has 136 valence electrons. The van der Waals surface area contributed by atoms with Crippen LogP contribution in [0.15, 0.2) is 46.0 Å². The van der Waals surface area contributed by atoms with E-state index in [1.165, 1.54) is 12.3 Å². The second-order valence-corrected chi connectivity index (χ2v) is 5.17. The second-order valence-electron chi connectivity index (χ2n) is 5.17.